The number of pyridine rings is 1. The molecule has 3 unspecified atom stereocenters. The first-order valence-corrected chi connectivity index (χ1v) is 5.88. The molecular weight excluding hydrogens is 184 g/mol. The van der Waals surface area contributed by atoms with Crippen LogP contribution in [0.5, 0.6) is 0 Å². The van der Waals surface area contributed by atoms with Gasteiger partial charge in [-0.1, -0.05) is 19.9 Å². The van der Waals surface area contributed by atoms with Gasteiger partial charge in [0.1, 0.15) is 0 Å². The topological polar surface area (TPSA) is 38.9 Å². The summed E-state index contributed by atoms with van der Waals surface area (Å²) < 4.78 is 0. The fourth-order valence-corrected chi connectivity index (χ4v) is 2.57. The normalized spacial score (nSPS) is 23.5. The molecule has 2 N–H and O–H groups in total. The van der Waals surface area contributed by atoms with E-state index >= 15 is 0 Å². The number of hydrogen-bond donors (Lipinski definition) is 1. The quantitative estimate of drug-likeness (QED) is 0.820. The third-order valence-electron chi connectivity index (χ3n) is 3.91. The van der Waals surface area contributed by atoms with Crippen LogP contribution in [0.25, 0.3) is 0 Å². The van der Waals surface area contributed by atoms with Crippen LogP contribution in [-0.2, 0) is 6.42 Å². The maximum atomic E-state index is 5.74. The predicted octanol–water partition coefficient (Wildman–Crippen LogP) is 2.34. The van der Waals surface area contributed by atoms with Crippen molar-refractivity contribution in [1.29, 1.82) is 0 Å². The van der Waals surface area contributed by atoms with Crippen LogP contribution in [0.3, 0.4) is 0 Å². The van der Waals surface area contributed by atoms with Gasteiger partial charge in [0.2, 0.25) is 0 Å². The van der Waals surface area contributed by atoms with E-state index in [-0.39, 0.29) is 0 Å². The van der Waals surface area contributed by atoms with Crippen molar-refractivity contribution in [3.05, 3.63) is 29.6 Å². The molecule has 2 rings (SSSR count). The first-order valence-electron chi connectivity index (χ1n) is 5.88. The molecule has 0 fully saturated rings. The monoisotopic (exact) mass is 204 g/mol. The SMILES string of the molecule is CC(CN)C(C)C1CCc2cccnc21. The molecule has 0 aromatic carbocycles. The zero-order chi connectivity index (χ0) is 10.8. The Morgan fingerprint density at radius 3 is 3.07 bits per heavy atom. The number of aromatic nitrogens is 1. The van der Waals surface area contributed by atoms with Gasteiger partial charge >= 0.3 is 0 Å². The Hall–Kier alpha value is -0.890. The van der Waals surface area contributed by atoms with E-state index in [4.69, 9.17) is 5.73 Å². The average molecular weight is 204 g/mol. The van der Waals surface area contributed by atoms with Crippen LogP contribution in [0, 0.1) is 11.8 Å². The average Bonchev–Trinajstić information content (AvgIpc) is 2.70. The van der Waals surface area contributed by atoms with Crippen molar-refractivity contribution in [2.45, 2.75) is 32.6 Å². The van der Waals surface area contributed by atoms with Crippen molar-refractivity contribution >= 4 is 0 Å². The van der Waals surface area contributed by atoms with Crippen molar-refractivity contribution in [3.8, 4) is 0 Å². The summed E-state index contributed by atoms with van der Waals surface area (Å²) in [6.45, 7) is 5.33. The minimum absolute atomic E-state index is 0.586. The third-order valence-corrected chi connectivity index (χ3v) is 3.91. The summed E-state index contributed by atoms with van der Waals surface area (Å²) in [7, 11) is 0. The van der Waals surface area contributed by atoms with Gasteiger partial charge in [-0.2, -0.15) is 0 Å². The summed E-state index contributed by atoms with van der Waals surface area (Å²) in [4.78, 5) is 4.54. The van der Waals surface area contributed by atoms with Gasteiger partial charge in [-0.25, -0.2) is 0 Å². The molecule has 3 atom stereocenters. The van der Waals surface area contributed by atoms with Crippen molar-refractivity contribution < 1.29 is 0 Å². The maximum Gasteiger partial charge on any atom is 0.0469 e. The van der Waals surface area contributed by atoms with Gasteiger partial charge in [0.25, 0.3) is 0 Å². The molecule has 0 saturated carbocycles. The van der Waals surface area contributed by atoms with Gasteiger partial charge in [-0.3, -0.25) is 4.98 Å². The van der Waals surface area contributed by atoms with Gasteiger partial charge in [-0.15, -0.1) is 0 Å². The summed E-state index contributed by atoms with van der Waals surface area (Å²) in [6.07, 6.45) is 4.35. The molecule has 0 amide bonds. The van der Waals surface area contributed by atoms with Crippen LogP contribution in [-0.4, -0.2) is 11.5 Å². The van der Waals surface area contributed by atoms with E-state index in [0.29, 0.717) is 17.8 Å². The highest BCUT2D eigenvalue weighted by Gasteiger charge is 2.30. The van der Waals surface area contributed by atoms with E-state index in [1.54, 1.807) is 0 Å². The molecule has 0 bridgehead atoms. The number of nitrogens with two attached hydrogens (primary N) is 1. The molecule has 2 heteroatoms. The van der Waals surface area contributed by atoms with Crippen molar-refractivity contribution in [2.75, 3.05) is 6.54 Å². The molecule has 2 nitrogen and oxygen atoms in total. The molecule has 0 saturated heterocycles. The highest BCUT2D eigenvalue weighted by atomic mass is 14.7. The first-order chi connectivity index (χ1) is 7.24. The molecule has 15 heavy (non-hydrogen) atoms. The van der Waals surface area contributed by atoms with Crippen LogP contribution in [0.4, 0.5) is 0 Å². The second-order valence-electron chi connectivity index (χ2n) is 4.77. The summed E-state index contributed by atoms with van der Waals surface area (Å²) in [5.74, 6) is 1.86. The molecule has 0 radical (unpaired) electrons. The highest BCUT2D eigenvalue weighted by Crippen LogP contribution is 2.39. The van der Waals surface area contributed by atoms with Crippen LogP contribution < -0.4 is 5.73 Å². The van der Waals surface area contributed by atoms with E-state index in [1.165, 1.54) is 24.1 Å². The Morgan fingerprint density at radius 2 is 2.33 bits per heavy atom. The van der Waals surface area contributed by atoms with Crippen molar-refractivity contribution in [2.24, 2.45) is 17.6 Å². The maximum absolute atomic E-state index is 5.74. The van der Waals surface area contributed by atoms with Crippen LogP contribution in [0.1, 0.15) is 37.4 Å². The molecule has 1 aliphatic rings. The molecule has 1 aromatic rings. The Labute approximate surface area is 91.9 Å². The molecule has 1 aromatic heterocycles. The van der Waals surface area contributed by atoms with E-state index < -0.39 is 0 Å². The lowest BCUT2D eigenvalue weighted by molar-refractivity contribution is 0.326. The fraction of sp³-hybridized carbons (Fsp3) is 0.615. The minimum Gasteiger partial charge on any atom is -0.330 e. The molecular formula is C13H20N2. The number of aryl methyl sites for hydroxylation is 1. The predicted molar refractivity (Wildman–Crippen MR) is 62.7 cm³/mol. The standard InChI is InChI=1S/C13H20N2/c1-9(8-14)10(2)12-6-5-11-4-3-7-15-13(11)12/h3-4,7,9-10,12H,5-6,8,14H2,1-2H3. The van der Waals surface area contributed by atoms with Crippen LogP contribution in [0.2, 0.25) is 0 Å². The lowest BCUT2D eigenvalue weighted by Crippen LogP contribution is -2.23. The smallest absolute Gasteiger partial charge is 0.0469 e. The van der Waals surface area contributed by atoms with Gasteiger partial charge in [-0.05, 0) is 42.9 Å². The number of rotatable bonds is 3. The largest absolute Gasteiger partial charge is 0.330 e. The van der Waals surface area contributed by atoms with E-state index in [2.05, 4.69) is 24.9 Å². The summed E-state index contributed by atoms with van der Waals surface area (Å²) in [5, 5.41) is 0. The van der Waals surface area contributed by atoms with Crippen LogP contribution in [0.15, 0.2) is 18.3 Å². The fourth-order valence-electron chi connectivity index (χ4n) is 2.57. The van der Waals surface area contributed by atoms with Gasteiger partial charge < -0.3 is 5.73 Å². The van der Waals surface area contributed by atoms with Gasteiger partial charge in [0.15, 0.2) is 0 Å². The highest BCUT2D eigenvalue weighted by molar-refractivity contribution is 5.29. The first kappa shape index (κ1) is 10.6. The second-order valence-corrected chi connectivity index (χ2v) is 4.77. The Kier molecular flexibility index (Phi) is 3.06. The zero-order valence-electron chi connectivity index (χ0n) is 9.61. The number of nitrogens with zero attached hydrogens (tertiary/aromatic N) is 1. The van der Waals surface area contributed by atoms with Crippen molar-refractivity contribution in [3.63, 3.8) is 0 Å². The van der Waals surface area contributed by atoms with E-state index in [0.717, 1.165) is 6.54 Å². The lowest BCUT2D eigenvalue weighted by Gasteiger charge is -2.24. The number of fused-ring (bicyclic) bond motifs is 1. The molecule has 82 valence electrons. The molecule has 0 spiro atoms. The summed E-state index contributed by atoms with van der Waals surface area (Å²) in [5.41, 5.74) is 8.51. The Balaban J connectivity index is 2.20. The van der Waals surface area contributed by atoms with Gasteiger partial charge in [0.05, 0.1) is 0 Å². The summed E-state index contributed by atoms with van der Waals surface area (Å²) in [6, 6.07) is 4.25. The Bertz CT molecular complexity index is 335. The second kappa shape index (κ2) is 4.31. The zero-order valence-corrected chi connectivity index (χ0v) is 9.61. The lowest BCUT2D eigenvalue weighted by atomic mass is 9.82. The van der Waals surface area contributed by atoms with Crippen LogP contribution >= 0.6 is 0 Å². The van der Waals surface area contributed by atoms with E-state index in [1.807, 2.05) is 12.3 Å². The van der Waals surface area contributed by atoms with Gasteiger partial charge in [0, 0.05) is 17.8 Å². The third kappa shape index (κ3) is 1.91. The Morgan fingerprint density at radius 1 is 1.53 bits per heavy atom. The molecule has 1 aliphatic carbocycles. The van der Waals surface area contributed by atoms with E-state index in [9.17, 15) is 0 Å². The molecule has 1 heterocycles. The van der Waals surface area contributed by atoms with Crippen molar-refractivity contribution in [1.82, 2.24) is 4.98 Å². The summed E-state index contributed by atoms with van der Waals surface area (Å²) >= 11 is 0. The number of hydrogen-bond acceptors (Lipinski definition) is 2. The minimum atomic E-state index is 0.586. The molecule has 0 aliphatic heterocycles.